The monoisotopic (exact) mass is 386 g/mol. The largest absolute Gasteiger partial charge is 0.416 e. The molecule has 2 rings (SSSR count). The number of nitro groups is 1. The van der Waals surface area contributed by atoms with Gasteiger partial charge in [-0.25, -0.2) is 4.39 Å². The lowest BCUT2D eigenvalue weighted by molar-refractivity contribution is -0.384. The number of halogens is 5. The maximum atomic E-state index is 13.9. The number of non-ortho nitro benzene ring substituents is 1. The highest BCUT2D eigenvalue weighted by atomic mass is 35.5. The van der Waals surface area contributed by atoms with E-state index in [9.17, 15) is 27.7 Å². The molecule has 0 saturated heterocycles. The van der Waals surface area contributed by atoms with Gasteiger partial charge in [0.2, 0.25) is 0 Å². The third-order valence-corrected chi connectivity index (χ3v) is 3.40. The molecule has 0 atom stereocenters. The minimum Gasteiger partial charge on any atom is -0.273 e. The van der Waals surface area contributed by atoms with E-state index in [4.69, 9.17) is 16.9 Å². The maximum Gasteiger partial charge on any atom is 0.416 e. The van der Waals surface area contributed by atoms with Gasteiger partial charge in [0.1, 0.15) is 17.6 Å². The van der Waals surface area contributed by atoms with Gasteiger partial charge in [-0.3, -0.25) is 15.5 Å². The van der Waals surface area contributed by atoms with Crippen molar-refractivity contribution in [3.63, 3.8) is 0 Å². The van der Waals surface area contributed by atoms with Crippen molar-refractivity contribution in [3.05, 3.63) is 68.5 Å². The van der Waals surface area contributed by atoms with E-state index in [0.29, 0.717) is 6.07 Å². The second kappa shape index (κ2) is 7.37. The Morgan fingerprint density at radius 2 is 1.88 bits per heavy atom. The molecule has 2 aromatic rings. The summed E-state index contributed by atoms with van der Waals surface area (Å²) >= 11 is 5.64. The first-order chi connectivity index (χ1) is 12.1. The molecule has 0 unspecified atom stereocenters. The summed E-state index contributed by atoms with van der Waals surface area (Å²) in [5, 5.41) is 22.7. The molecule has 0 aliphatic carbocycles. The zero-order chi connectivity index (χ0) is 19.5. The van der Waals surface area contributed by atoms with Crippen molar-refractivity contribution in [1.82, 2.24) is 0 Å². The normalized spacial score (nSPS) is 11.8. The predicted molar refractivity (Wildman–Crippen MR) is 85.3 cm³/mol. The number of rotatable bonds is 4. The van der Waals surface area contributed by atoms with E-state index >= 15 is 0 Å². The molecule has 2 aromatic carbocycles. The topological polar surface area (TPSA) is 91.3 Å². The third-order valence-electron chi connectivity index (χ3n) is 3.11. The van der Waals surface area contributed by atoms with Crippen LogP contribution in [0.15, 0.2) is 41.5 Å². The zero-order valence-corrected chi connectivity index (χ0v) is 13.3. The third kappa shape index (κ3) is 4.25. The van der Waals surface area contributed by atoms with Crippen LogP contribution in [0.5, 0.6) is 0 Å². The van der Waals surface area contributed by atoms with Crippen molar-refractivity contribution in [2.24, 2.45) is 5.10 Å². The van der Waals surface area contributed by atoms with Gasteiger partial charge in [0.15, 0.2) is 5.71 Å². The van der Waals surface area contributed by atoms with Gasteiger partial charge in [0.25, 0.3) is 5.69 Å². The standard InChI is InChI=1S/C15H7ClF4N4O2/c16-11-5-9(15(18,19)20)6-12(17)14(11)23-22-13(7-21)8-1-3-10(4-2-8)24(25)26/h1-6,23H/b22-13+. The molecule has 6 nitrogen and oxygen atoms in total. The summed E-state index contributed by atoms with van der Waals surface area (Å²) in [6.45, 7) is 0. The van der Waals surface area contributed by atoms with Crippen LogP contribution in [0.3, 0.4) is 0 Å². The molecule has 0 bridgehead atoms. The van der Waals surface area contributed by atoms with Gasteiger partial charge < -0.3 is 0 Å². The van der Waals surface area contributed by atoms with Crippen molar-refractivity contribution in [2.75, 3.05) is 5.43 Å². The smallest absolute Gasteiger partial charge is 0.273 e. The molecule has 0 spiro atoms. The maximum absolute atomic E-state index is 13.9. The number of alkyl halides is 3. The molecule has 0 aliphatic heterocycles. The molecule has 134 valence electrons. The van der Waals surface area contributed by atoms with Crippen LogP contribution in [0.4, 0.5) is 28.9 Å². The summed E-state index contributed by atoms with van der Waals surface area (Å²) < 4.78 is 51.6. The van der Waals surface area contributed by atoms with Crippen LogP contribution in [0.2, 0.25) is 5.02 Å². The first kappa shape index (κ1) is 19.1. The number of hydrazone groups is 1. The van der Waals surface area contributed by atoms with E-state index < -0.39 is 33.2 Å². The fraction of sp³-hybridized carbons (Fsp3) is 0.0667. The Morgan fingerprint density at radius 1 is 1.27 bits per heavy atom. The quantitative estimate of drug-likeness (QED) is 0.355. The number of nitro benzene ring substituents is 1. The molecular formula is C15H7ClF4N4O2. The van der Waals surface area contributed by atoms with Crippen LogP contribution < -0.4 is 5.43 Å². The second-order valence-electron chi connectivity index (χ2n) is 4.80. The van der Waals surface area contributed by atoms with Gasteiger partial charge in [-0.1, -0.05) is 11.6 Å². The Labute approximate surface area is 148 Å². The van der Waals surface area contributed by atoms with Gasteiger partial charge in [-0.2, -0.15) is 23.5 Å². The molecule has 0 aliphatic rings. The zero-order valence-electron chi connectivity index (χ0n) is 12.5. The van der Waals surface area contributed by atoms with Crippen molar-refractivity contribution in [2.45, 2.75) is 6.18 Å². The molecule has 0 heterocycles. The van der Waals surface area contributed by atoms with Crippen LogP contribution in [-0.4, -0.2) is 10.6 Å². The number of hydrogen-bond donors (Lipinski definition) is 1. The summed E-state index contributed by atoms with van der Waals surface area (Å²) in [6, 6.07) is 7.19. The van der Waals surface area contributed by atoms with E-state index in [1.165, 1.54) is 12.1 Å². The molecule has 0 saturated carbocycles. The Kier molecular flexibility index (Phi) is 5.42. The number of nitriles is 1. The van der Waals surface area contributed by atoms with E-state index in [2.05, 4.69) is 10.5 Å². The number of anilines is 1. The van der Waals surface area contributed by atoms with Crippen molar-refractivity contribution < 1.29 is 22.5 Å². The molecule has 26 heavy (non-hydrogen) atoms. The van der Waals surface area contributed by atoms with E-state index in [0.717, 1.165) is 12.1 Å². The van der Waals surface area contributed by atoms with E-state index in [1.807, 2.05) is 0 Å². The van der Waals surface area contributed by atoms with Gasteiger partial charge >= 0.3 is 6.18 Å². The summed E-state index contributed by atoms with van der Waals surface area (Å²) in [4.78, 5) is 9.96. The average Bonchev–Trinajstić information content (AvgIpc) is 2.56. The fourth-order valence-corrected chi connectivity index (χ4v) is 2.10. The van der Waals surface area contributed by atoms with Crippen LogP contribution in [0.25, 0.3) is 0 Å². The van der Waals surface area contributed by atoms with Crippen LogP contribution in [-0.2, 0) is 6.18 Å². The summed E-state index contributed by atoms with van der Waals surface area (Å²) in [5.74, 6) is -1.31. The van der Waals surface area contributed by atoms with Gasteiger partial charge in [-0.15, -0.1) is 0 Å². The van der Waals surface area contributed by atoms with Crippen LogP contribution in [0, 0.1) is 27.3 Å². The highest BCUT2D eigenvalue weighted by Crippen LogP contribution is 2.35. The molecule has 11 heteroatoms. The Morgan fingerprint density at radius 3 is 2.35 bits per heavy atom. The molecule has 1 N–H and O–H groups in total. The summed E-state index contributed by atoms with van der Waals surface area (Å²) in [6.07, 6.45) is -4.77. The van der Waals surface area contributed by atoms with E-state index in [-0.39, 0.29) is 23.0 Å². The highest BCUT2D eigenvalue weighted by Gasteiger charge is 2.32. The van der Waals surface area contributed by atoms with Crippen molar-refractivity contribution in [3.8, 4) is 6.07 Å². The minimum absolute atomic E-state index is 0.175. The summed E-state index contributed by atoms with van der Waals surface area (Å²) in [7, 11) is 0. The van der Waals surface area contributed by atoms with E-state index in [1.54, 1.807) is 6.07 Å². The lowest BCUT2D eigenvalue weighted by Crippen LogP contribution is -2.08. The second-order valence-corrected chi connectivity index (χ2v) is 5.21. The fourth-order valence-electron chi connectivity index (χ4n) is 1.85. The molecule has 0 fully saturated rings. The van der Waals surface area contributed by atoms with Gasteiger partial charge in [-0.05, 0) is 24.3 Å². The Balaban J connectivity index is 2.32. The summed E-state index contributed by atoms with van der Waals surface area (Å²) in [5.41, 5.74) is -0.0350. The lowest BCUT2D eigenvalue weighted by Gasteiger charge is -2.11. The SMILES string of the molecule is N#C/C(=N\Nc1c(F)cc(C(F)(F)F)cc1Cl)c1ccc([N+](=O)[O-])cc1. The Hall–Kier alpha value is -3.19. The Bertz CT molecular complexity index is 898. The average molecular weight is 387 g/mol. The highest BCUT2D eigenvalue weighted by molar-refractivity contribution is 6.33. The first-order valence-electron chi connectivity index (χ1n) is 6.68. The molecular weight excluding hydrogens is 380 g/mol. The predicted octanol–water partition coefficient (Wildman–Crippen LogP) is 4.75. The molecule has 0 amide bonds. The van der Waals surface area contributed by atoms with Crippen LogP contribution in [0.1, 0.15) is 11.1 Å². The van der Waals surface area contributed by atoms with Crippen LogP contribution >= 0.6 is 11.6 Å². The van der Waals surface area contributed by atoms with Gasteiger partial charge in [0.05, 0.1) is 15.5 Å². The molecule has 0 aromatic heterocycles. The number of nitrogens with zero attached hydrogens (tertiary/aromatic N) is 3. The number of nitrogens with one attached hydrogen (secondary N) is 1. The lowest BCUT2D eigenvalue weighted by atomic mass is 10.1. The van der Waals surface area contributed by atoms with Crippen molar-refractivity contribution in [1.29, 1.82) is 5.26 Å². The van der Waals surface area contributed by atoms with Crippen molar-refractivity contribution >= 4 is 28.7 Å². The van der Waals surface area contributed by atoms with Gasteiger partial charge in [0, 0.05) is 17.7 Å². The number of benzene rings is 2. The minimum atomic E-state index is -4.77. The first-order valence-corrected chi connectivity index (χ1v) is 7.06. The molecule has 0 radical (unpaired) electrons. The number of hydrogen-bond acceptors (Lipinski definition) is 5.